The molecule has 3 aromatic rings. The van der Waals surface area contributed by atoms with E-state index >= 15 is 0 Å². The second kappa shape index (κ2) is 9.30. The molecule has 29 heavy (non-hydrogen) atoms. The van der Waals surface area contributed by atoms with Crippen molar-refractivity contribution in [2.45, 2.75) is 13.5 Å². The lowest BCUT2D eigenvalue weighted by atomic mass is 10.1. The van der Waals surface area contributed by atoms with Crippen LogP contribution in [-0.2, 0) is 16.1 Å². The summed E-state index contributed by atoms with van der Waals surface area (Å²) in [6.45, 7) is 2.34. The summed E-state index contributed by atoms with van der Waals surface area (Å²) < 4.78 is 10.3. The lowest BCUT2D eigenvalue weighted by Gasteiger charge is -2.05. The van der Waals surface area contributed by atoms with Crippen LogP contribution >= 0.6 is 11.6 Å². The summed E-state index contributed by atoms with van der Waals surface area (Å²) in [5, 5.41) is 4.13. The van der Waals surface area contributed by atoms with Gasteiger partial charge in [-0.1, -0.05) is 29.8 Å². The van der Waals surface area contributed by atoms with Crippen LogP contribution < -0.4 is 10.1 Å². The highest BCUT2D eigenvalue weighted by atomic mass is 35.5. The number of carbonyl (C=O) groups is 2. The zero-order chi connectivity index (χ0) is 20.8. The molecular weight excluding hydrogens is 392 g/mol. The molecule has 0 atom stereocenters. The van der Waals surface area contributed by atoms with Crippen LogP contribution in [0.4, 0.5) is 0 Å². The maximum atomic E-state index is 12.3. The third-order valence-corrected chi connectivity index (χ3v) is 4.52. The van der Waals surface area contributed by atoms with Gasteiger partial charge in [0.2, 0.25) is 5.91 Å². The molecule has 0 spiro atoms. The molecule has 0 aliphatic rings. The monoisotopic (exact) mass is 412 g/mol. The first kappa shape index (κ1) is 20.5. The van der Waals surface area contributed by atoms with Crippen molar-refractivity contribution in [2.75, 3.05) is 13.7 Å². The van der Waals surface area contributed by atoms with Crippen molar-refractivity contribution in [2.24, 2.45) is 0 Å². The second-order valence-corrected chi connectivity index (χ2v) is 6.66. The summed E-state index contributed by atoms with van der Waals surface area (Å²) in [6.07, 6.45) is 2.99. The highest BCUT2D eigenvalue weighted by molar-refractivity contribution is 6.31. The van der Waals surface area contributed by atoms with E-state index < -0.39 is 5.97 Å². The van der Waals surface area contributed by atoms with Crippen molar-refractivity contribution < 1.29 is 19.1 Å². The number of nitrogens with one attached hydrogen (secondary N) is 2. The fourth-order valence-electron chi connectivity index (χ4n) is 2.92. The summed E-state index contributed by atoms with van der Waals surface area (Å²) in [5.41, 5.74) is 2.46. The van der Waals surface area contributed by atoms with Crippen LogP contribution in [0.5, 0.6) is 5.75 Å². The molecule has 7 heteroatoms. The molecule has 150 valence electrons. The van der Waals surface area contributed by atoms with Crippen LogP contribution in [0.1, 0.15) is 28.5 Å². The number of aromatic nitrogens is 1. The van der Waals surface area contributed by atoms with E-state index in [-0.39, 0.29) is 18.2 Å². The van der Waals surface area contributed by atoms with Crippen LogP contribution in [-0.4, -0.2) is 30.6 Å². The number of rotatable bonds is 7. The average molecular weight is 413 g/mol. The van der Waals surface area contributed by atoms with Crippen molar-refractivity contribution in [1.29, 1.82) is 0 Å². The Hall–Kier alpha value is -3.25. The smallest absolute Gasteiger partial charge is 0.355 e. The number of carbonyl (C=O) groups excluding carboxylic acids is 2. The van der Waals surface area contributed by atoms with Gasteiger partial charge in [0.1, 0.15) is 11.4 Å². The molecular formula is C22H21ClN2O4. The molecule has 2 aromatic carbocycles. The molecule has 0 radical (unpaired) electrons. The summed E-state index contributed by atoms with van der Waals surface area (Å²) in [6, 6.07) is 12.7. The first-order chi connectivity index (χ1) is 14.0. The van der Waals surface area contributed by atoms with Crippen LogP contribution in [0, 0.1) is 0 Å². The van der Waals surface area contributed by atoms with E-state index in [0.717, 1.165) is 16.7 Å². The van der Waals surface area contributed by atoms with E-state index in [0.29, 0.717) is 22.6 Å². The maximum Gasteiger partial charge on any atom is 0.355 e. The predicted molar refractivity (Wildman–Crippen MR) is 113 cm³/mol. The van der Waals surface area contributed by atoms with Crippen molar-refractivity contribution in [3.63, 3.8) is 0 Å². The molecule has 1 heterocycles. The third kappa shape index (κ3) is 4.97. The first-order valence-corrected chi connectivity index (χ1v) is 9.46. The number of fused-ring (bicyclic) bond motifs is 1. The minimum absolute atomic E-state index is 0.249. The summed E-state index contributed by atoms with van der Waals surface area (Å²) in [5.74, 6) is -0.0500. The molecule has 2 N–H and O–H groups in total. The second-order valence-electron chi connectivity index (χ2n) is 6.23. The fourth-order valence-corrected chi connectivity index (χ4v) is 3.09. The van der Waals surface area contributed by atoms with Gasteiger partial charge in [0.05, 0.1) is 13.7 Å². The standard InChI is InChI=1S/C22H21ClN2O4/c1-3-29-22(27)21-18(17-8-7-15(23)12-19(17)25-21)9-10-20(26)24-13-14-5-4-6-16(11-14)28-2/h4-12,25H,3,13H2,1-2H3,(H,24,26)/b10-9+. The molecule has 0 unspecified atom stereocenters. The number of hydrogen-bond acceptors (Lipinski definition) is 4. The Labute approximate surface area is 173 Å². The van der Waals surface area contributed by atoms with E-state index in [9.17, 15) is 9.59 Å². The molecule has 0 fully saturated rings. The average Bonchev–Trinajstić information content (AvgIpc) is 3.08. The van der Waals surface area contributed by atoms with E-state index in [2.05, 4.69) is 10.3 Å². The van der Waals surface area contributed by atoms with Gasteiger partial charge in [0, 0.05) is 34.1 Å². The van der Waals surface area contributed by atoms with E-state index in [1.54, 1.807) is 38.3 Å². The van der Waals surface area contributed by atoms with Gasteiger partial charge in [0.25, 0.3) is 0 Å². The Balaban J connectivity index is 1.80. The first-order valence-electron chi connectivity index (χ1n) is 9.09. The predicted octanol–water partition coefficient (Wildman–Crippen LogP) is 4.34. The van der Waals surface area contributed by atoms with Crippen LogP contribution in [0.25, 0.3) is 17.0 Å². The number of ether oxygens (including phenoxy) is 2. The van der Waals surface area contributed by atoms with Crippen LogP contribution in [0.2, 0.25) is 5.02 Å². The van der Waals surface area contributed by atoms with Crippen LogP contribution in [0.3, 0.4) is 0 Å². The fraction of sp³-hybridized carbons (Fsp3) is 0.182. The number of halogens is 1. The lowest BCUT2D eigenvalue weighted by molar-refractivity contribution is -0.116. The van der Waals surface area contributed by atoms with E-state index in [4.69, 9.17) is 21.1 Å². The molecule has 0 saturated carbocycles. The topological polar surface area (TPSA) is 80.4 Å². The van der Waals surface area contributed by atoms with Crippen LogP contribution in [0.15, 0.2) is 48.5 Å². The Morgan fingerprint density at radius 3 is 2.79 bits per heavy atom. The zero-order valence-electron chi connectivity index (χ0n) is 16.1. The van der Waals surface area contributed by atoms with Gasteiger partial charge in [-0.3, -0.25) is 4.79 Å². The minimum Gasteiger partial charge on any atom is -0.497 e. The van der Waals surface area contributed by atoms with Gasteiger partial charge in [-0.15, -0.1) is 0 Å². The number of H-pyrrole nitrogens is 1. The number of methoxy groups -OCH3 is 1. The normalized spacial score (nSPS) is 11.0. The number of amides is 1. The minimum atomic E-state index is -0.490. The lowest BCUT2D eigenvalue weighted by Crippen LogP contribution is -2.20. The molecule has 3 rings (SSSR count). The van der Waals surface area contributed by atoms with Gasteiger partial charge < -0.3 is 19.8 Å². The molecule has 0 aliphatic heterocycles. The molecule has 0 saturated heterocycles. The summed E-state index contributed by atoms with van der Waals surface area (Å²) in [7, 11) is 1.59. The largest absolute Gasteiger partial charge is 0.497 e. The Bertz CT molecular complexity index is 1070. The highest BCUT2D eigenvalue weighted by Gasteiger charge is 2.17. The van der Waals surface area contributed by atoms with Gasteiger partial charge in [-0.2, -0.15) is 0 Å². The molecule has 0 aliphatic carbocycles. The van der Waals surface area contributed by atoms with E-state index in [1.807, 2.05) is 24.3 Å². The third-order valence-electron chi connectivity index (χ3n) is 4.28. The maximum absolute atomic E-state index is 12.3. The van der Waals surface area contributed by atoms with Crippen molar-refractivity contribution in [3.05, 3.63) is 70.4 Å². The Morgan fingerprint density at radius 2 is 2.03 bits per heavy atom. The Morgan fingerprint density at radius 1 is 1.21 bits per heavy atom. The summed E-state index contributed by atoms with van der Waals surface area (Å²) in [4.78, 5) is 27.6. The molecule has 1 amide bonds. The molecule has 1 aromatic heterocycles. The molecule has 0 bridgehead atoms. The van der Waals surface area contributed by atoms with Crippen molar-refractivity contribution in [1.82, 2.24) is 10.3 Å². The SMILES string of the molecule is CCOC(=O)c1[nH]c2cc(Cl)ccc2c1/C=C/C(=O)NCc1cccc(OC)c1. The van der Waals surface area contributed by atoms with Crippen molar-refractivity contribution >= 4 is 40.5 Å². The number of hydrogen-bond donors (Lipinski definition) is 2. The number of aromatic amines is 1. The summed E-state index contributed by atoms with van der Waals surface area (Å²) >= 11 is 6.04. The number of benzene rings is 2. The highest BCUT2D eigenvalue weighted by Crippen LogP contribution is 2.27. The van der Waals surface area contributed by atoms with Gasteiger partial charge in [-0.25, -0.2) is 4.79 Å². The van der Waals surface area contributed by atoms with Gasteiger partial charge >= 0.3 is 5.97 Å². The quantitative estimate of drug-likeness (QED) is 0.447. The number of esters is 1. The zero-order valence-corrected chi connectivity index (χ0v) is 16.9. The van der Waals surface area contributed by atoms with Crippen molar-refractivity contribution in [3.8, 4) is 5.75 Å². The molecule has 6 nitrogen and oxygen atoms in total. The van der Waals surface area contributed by atoms with E-state index in [1.165, 1.54) is 6.08 Å². The van der Waals surface area contributed by atoms with Gasteiger partial charge in [0.15, 0.2) is 0 Å². The van der Waals surface area contributed by atoms with Gasteiger partial charge in [-0.05, 0) is 42.8 Å². The Kier molecular flexibility index (Phi) is 6.57.